The number of oxazole rings is 1. The first-order chi connectivity index (χ1) is 16.7. The zero-order chi connectivity index (χ0) is 25.0. The van der Waals surface area contributed by atoms with E-state index in [2.05, 4.69) is 48.4 Å². The van der Waals surface area contributed by atoms with Crippen LogP contribution < -0.4 is 21.3 Å². The zero-order valence-corrected chi connectivity index (χ0v) is 22.1. The quantitative estimate of drug-likeness (QED) is 0.430. The van der Waals surface area contributed by atoms with E-state index in [0.29, 0.717) is 48.9 Å². The van der Waals surface area contributed by atoms with Gasteiger partial charge in [0.15, 0.2) is 5.69 Å². The smallest absolute Gasteiger partial charge is 0.292 e. The lowest BCUT2D eigenvalue weighted by molar-refractivity contribution is 0.102. The molecule has 2 fully saturated rings. The number of nitrogens with zero attached hydrogens (tertiary/aromatic N) is 4. The number of likely N-dealkylation sites (tertiary alicyclic amines) is 1. The van der Waals surface area contributed by atoms with Crippen LogP contribution in [0.1, 0.15) is 23.3 Å². The van der Waals surface area contributed by atoms with Crippen LogP contribution in [0.4, 0.5) is 17.4 Å². The number of anilines is 3. The molecule has 4 N–H and O–H groups in total. The summed E-state index contributed by atoms with van der Waals surface area (Å²) in [5.74, 6) is -0.326. The fourth-order valence-corrected chi connectivity index (χ4v) is 6.04. The monoisotopic (exact) mass is 569 g/mol. The Morgan fingerprint density at radius 2 is 1.91 bits per heavy atom. The van der Waals surface area contributed by atoms with E-state index in [1.807, 2.05) is 18.2 Å². The van der Waals surface area contributed by atoms with Crippen molar-refractivity contribution in [2.24, 2.45) is 0 Å². The molecule has 0 unspecified atom stereocenters. The van der Waals surface area contributed by atoms with Crippen molar-refractivity contribution in [2.45, 2.75) is 18.9 Å². The number of halogens is 1. The average Bonchev–Trinajstić information content (AvgIpc) is 3.28. The number of hydrogen-bond acceptors (Lipinski definition) is 9. The lowest BCUT2D eigenvalue weighted by Gasteiger charge is -2.36. The van der Waals surface area contributed by atoms with Gasteiger partial charge in [0.1, 0.15) is 6.26 Å². The Hall–Kier alpha value is -2.19. The maximum absolute atomic E-state index is 12.9. The van der Waals surface area contributed by atoms with Crippen molar-refractivity contribution in [1.29, 1.82) is 0 Å². The second kappa shape index (κ2) is 11.2. The Morgan fingerprint density at radius 1 is 1.20 bits per heavy atom. The minimum Gasteiger partial charge on any atom is -0.431 e. The molecular weight excluding hydrogens is 538 g/mol. The molecule has 35 heavy (non-hydrogen) atoms. The molecule has 0 bridgehead atoms. The number of benzene rings is 1. The number of nitrogens with one attached hydrogen (secondary N) is 2. The van der Waals surface area contributed by atoms with Gasteiger partial charge >= 0.3 is 0 Å². The van der Waals surface area contributed by atoms with Gasteiger partial charge in [-0.2, -0.15) is 9.29 Å². The lowest BCUT2D eigenvalue weighted by atomic mass is 10.1. The molecule has 3 heterocycles. The summed E-state index contributed by atoms with van der Waals surface area (Å²) in [7, 11) is -1.20. The Morgan fingerprint density at radius 3 is 2.57 bits per heavy atom. The number of rotatable bonds is 8. The van der Waals surface area contributed by atoms with E-state index >= 15 is 0 Å². The Balaban J connectivity index is 1.29. The number of aromatic nitrogens is 1. The minimum atomic E-state index is -3.32. The van der Waals surface area contributed by atoms with E-state index in [-0.39, 0.29) is 17.5 Å². The normalized spacial score (nSPS) is 18.6. The number of nitrogens with two attached hydrogens (primary N) is 1. The summed E-state index contributed by atoms with van der Waals surface area (Å²) in [6, 6.07) is 5.95. The number of piperidine rings is 1. The summed E-state index contributed by atoms with van der Waals surface area (Å²) in [5, 5.41) is 6.21. The second-order valence-corrected chi connectivity index (χ2v) is 11.9. The van der Waals surface area contributed by atoms with Gasteiger partial charge in [-0.3, -0.25) is 4.79 Å². The van der Waals surface area contributed by atoms with Crippen LogP contribution in [0.25, 0.3) is 0 Å². The molecular formula is C22H32BrN7O4S. The summed E-state index contributed by atoms with van der Waals surface area (Å²) in [5.41, 5.74) is 7.00. The summed E-state index contributed by atoms with van der Waals surface area (Å²) in [6.45, 7) is 4.54. The molecule has 0 aliphatic carbocycles. The van der Waals surface area contributed by atoms with Gasteiger partial charge in [0.05, 0.1) is 11.4 Å². The molecule has 0 saturated carbocycles. The van der Waals surface area contributed by atoms with E-state index in [4.69, 9.17) is 10.2 Å². The van der Waals surface area contributed by atoms with E-state index in [1.165, 1.54) is 6.26 Å². The Kier molecular flexibility index (Phi) is 8.32. The number of nitrogen functional groups attached to an aromatic ring is 1. The maximum atomic E-state index is 12.9. The van der Waals surface area contributed by atoms with Gasteiger partial charge in [-0.1, -0.05) is 0 Å². The van der Waals surface area contributed by atoms with Crippen LogP contribution in [0.5, 0.6) is 0 Å². The van der Waals surface area contributed by atoms with Crippen LogP contribution in [0.15, 0.2) is 33.4 Å². The summed E-state index contributed by atoms with van der Waals surface area (Å²) in [4.78, 5) is 20.7. The molecule has 1 aromatic carbocycles. The van der Waals surface area contributed by atoms with Crippen LogP contribution >= 0.6 is 15.9 Å². The molecule has 1 amide bonds. The molecule has 2 aliphatic heterocycles. The number of carbonyl (C=O) groups excluding carboxylic acids is 1. The van der Waals surface area contributed by atoms with Crippen LogP contribution in [-0.4, -0.2) is 93.2 Å². The van der Waals surface area contributed by atoms with Crippen molar-refractivity contribution < 1.29 is 17.6 Å². The number of piperazine rings is 1. The van der Waals surface area contributed by atoms with Gasteiger partial charge in [0.25, 0.3) is 11.9 Å². The third-order valence-electron chi connectivity index (χ3n) is 6.46. The highest BCUT2D eigenvalue weighted by Gasteiger charge is 2.27. The minimum absolute atomic E-state index is 0.0756. The Labute approximate surface area is 214 Å². The van der Waals surface area contributed by atoms with Gasteiger partial charge in [-0.25, -0.2) is 8.42 Å². The standard InChI is InChI=1S/C22H32BrN7O4S/c1-28-7-4-16(5-8-28)25-6-13-35(32,33)30-11-9-29(10-12-30)17-2-3-18(23)19(14-17)26-21(31)20-15-34-22(24)27-20/h2-3,14-16,25H,4-13H2,1H3,(H2,24,27)(H,26,31). The van der Waals surface area contributed by atoms with Crippen LogP contribution in [0.2, 0.25) is 0 Å². The van der Waals surface area contributed by atoms with E-state index in [1.54, 1.807) is 4.31 Å². The van der Waals surface area contributed by atoms with Crippen LogP contribution in [-0.2, 0) is 10.0 Å². The summed E-state index contributed by atoms with van der Waals surface area (Å²) >= 11 is 3.45. The molecule has 4 rings (SSSR count). The van der Waals surface area contributed by atoms with Crippen molar-refractivity contribution in [3.05, 3.63) is 34.6 Å². The number of amides is 1. The van der Waals surface area contributed by atoms with Crippen LogP contribution in [0.3, 0.4) is 0 Å². The van der Waals surface area contributed by atoms with Crippen molar-refractivity contribution in [3.63, 3.8) is 0 Å². The molecule has 11 nitrogen and oxygen atoms in total. The molecule has 0 atom stereocenters. The topological polar surface area (TPSA) is 137 Å². The first kappa shape index (κ1) is 25.9. The van der Waals surface area contributed by atoms with Gasteiger partial charge in [-0.05, 0) is 67.1 Å². The highest BCUT2D eigenvalue weighted by molar-refractivity contribution is 9.10. The molecule has 1 aromatic heterocycles. The van der Waals surface area contributed by atoms with Gasteiger partial charge in [0.2, 0.25) is 10.0 Å². The molecule has 2 aliphatic rings. The number of sulfonamides is 1. The largest absolute Gasteiger partial charge is 0.431 e. The van der Waals surface area contributed by atoms with E-state index < -0.39 is 15.9 Å². The molecule has 0 spiro atoms. The van der Waals surface area contributed by atoms with Gasteiger partial charge in [-0.15, -0.1) is 0 Å². The van der Waals surface area contributed by atoms with Crippen molar-refractivity contribution in [3.8, 4) is 0 Å². The Bertz CT molecular complexity index is 1130. The lowest BCUT2D eigenvalue weighted by Crippen LogP contribution is -2.50. The number of carbonyl (C=O) groups is 1. The van der Waals surface area contributed by atoms with E-state index in [0.717, 1.165) is 31.6 Å². The molecule has 192 valence electrons. The van der Waals surface area contributed by atoms with Crippen molar-refractivity contribution >= 4 is 49.2 Å². The predicted molar refractivity (Wildman–Crippen MR) is 139 cm³/mol. The highest BCUT2D eigenvalue weighted by Crippen LogP contribution is 2.29. The molecule has 0 radical (unpaired) electrons. The van der Waals surface area contributed by atoms with Crippen molar-refractivity contribution in [2.75, 3.05) is 74.6 Å². The number of hydrogen-bond donors (Lipinski definition) is 3. The molecule has 2 aromatic rings. The second-order valence-electron chi connectivity index (χ2n) is 8.92. The fraction of sp³-hybridized carbons (Fsp3) is 0.545. The first-order valence-electron chi connectivity index (χ1n) is 11.7. The SMILES string of the molecule is CN1CCC(NCCS(=O)(=O)N2CCN(c3ccc(Br)c(NC(=O)c4coc(N)n4)c3)CC2)CC1. The van der Waals surface area contributed by atoms with Gasteiger partial charge in [0, 0.05) is 48.9 Å². The summed E-state index contributed by atoms with van der Waals surface area (Å²) < 4.78 is 32.9. The fourth-order valence-electron chi connectivity index (χ4n) is 4.34. The van der Waals surface area contributed by atoms with E-state index in [9.17, 15) is 13.2 Å². The third-order valence-corrected chi connectivity index (χ3v) is 9.02. The third kappa shape index (κ3) is 6.73. The average molecular weight is 571 g/mol. The zero-order valence-electron chi connectivity index (χ0n) is 19.7. The predicted octanol–water partition coefficient (Wildman–Crippen LogP) is 1.41. The van der Waals surface area contributed by atoms with Crippen molar-refractivity contribution in [1.82, 2.24) is 19.5 Å². The first-order valence-corrected chi connectivity index (χ1v) is 14.1. The highest BCUT2D eigenvalue weighted by atomic mass is 79.9. The van der Waals surface area contributed by atoms with Gasteiger partial charge < -0.3 is 30.6 Å². The van der Waals surface area contributed by atoms with Crippen LogP contribution in [0, 0.1) is 0 Å². The molecule has 13 heteroatoms. The molecule has 2 saturated heterocycles. The summed E-state index contributed by atoms with van der Waals surface area (Å²) in [6.07, 6.45) is 3.31. The maximum Gasteiger partial charge on any atom is 0.292 e.